The van der Waals surface area contributed by atoms with Crippen LogP contribution in [-0.2, 0) is 4.74 Å². The molecule has 0 radical (unpaired) electrons. The van der Waals surface area contributed by atoms with Crippen molar-refractivity contribution in [2.45, 2.75) is 19.4 Å². The highest BCUT2D eigenvalue weighted by Gasteiger charge is 2.21. The first kappa shape index (κ1) is 12.2. The minimum Gasteiger partial charge on any atom is -0.382 e. The fourth-order valence-electron chi connectivity index (χ4n) is 2.38. The van der Waals surface area contributed by atoms with Gasteiger partial charge in [-0.1, -0.05) is 5.21 Å². The molecule has 1 fully saturated rings. The number of hydrogen-bond acceptors (Lipinski definition) is 4. The van der Waals surface area contributed by atoms with Gasteiger partial charge in [-0.05, 0) is 37.6 Å². The fourth-order valence-corrected chi connectivity index (χ4v) is 2.38. The summed E-state index contributed by atoms with van der Waals surface area (Å²) in [5, 5.41) is 11.3. The topological polar surface area (TPSA) is 52.0 Å². The van der Waals surface area contributed by atoms with Crippen LogP contribution in [0.4, 0.5) is 5.69 Å². The molecule has 1 saturated heterocycles. The molecule has 0 spiro atoms. The zero-order chi connectivity index (χ0) is 13.1. The molecule has 1 aromatic carbocycles. The summed E-state index contributed by atoms with van der Waals surface area (Å²) < 4.78 is 7.17. The molecule has 5 heteroatoms. The van der Waals surface area contributed by atoms with Gasteiger partial charge in [0, 0.05) is 24.3 Å². The van der Waals surface area contributed by atoms with Gasteiger partial charge in [-0.2, -0.15) is 0 Å². The molecule has 100 valence electrons. The summed E-state index contributed by atoms with van der Waals surface area (Å²) in [7, 11) is 0. The summed E-state index contributed by atoms with van der Waals surface area (Å²) in [5.74, 6) is 0.606. The molecular weight excluding hydrogens is 240 g/mol. The summed E-state index contributed by atoms with van der Waals surface area (Å²) in [5.41, 5.74) is 2.14. The summed E-state index contributed by atoms with van der Waals surface area (Å²) >= 11 is 0. The van der Waals surface area contributed by atoms with E-state index in [0.717, 1.165) is 31.0 Å². The van der Waals surface area contributed by atoms with Gasteiger partial charge in [-0.25, -0.2) is 4.68 Å². The summed E-state index contributed by atoms with van der Waals surface area (Å²) in [6, 6.07) is 8.65. The summed E-state index contributed by atoms with van der Waals surface area (Å²) in [4.78, 5) is 0. The fraction of sp³-hybridized carbons (Fsp3) is 0.429. The van der Waals surface area contributed by atoms with Crippen molar-refractivity contribution in [3.63, 3.8) is 0 Å². The molecule has 2 atom stereocenters. The average molecular weight is 258 g/mol. The maximum Gasteiger partial charge on any atom is 0.0697 e. The Balaban J connectivity index is 1.65. The smallest absolute Gasteiger partial charge is 0.0697 e. The number of anilines is 1. The van der Waals surface area contributed by atoms with Gasteiger partial charge in [0.2, 0.25) is 0 Å². The van der Waals surface area contributed by atoms with Crippen LogP contribution in [0.1, 0.15) is 13.3 Å². The van der Waals surface area contributed by atoms with Crippen molar-refractivity contribution in [1.29, 1.82) is 0 Å². The monoisotopic (exact) mass is 258 g/mol. The number of nitrogens with one attached hydrogen (secondary N) is 1. The van der Waals surface area contributed by atoms with E-state index in [9.17, 15) is 0 Å². The van der Waals surface area contributed by atoms with Crippen LogP contribution in [0.2, 0.25) is 0 Å². The van der Waals surface area contributed by atoms with E-state index in [2.05, 4.69) is 34.7 Å². The lowest BCUT2D eigenvalue weighted by Crippen LogP contribution is -2.26. The average Bonchev–Trinajstić information content (AvgIpc) is 3.13. The quantitative estimate of drug-likeness (QED) is 0.912. The maximum atomic E-state index is 5.43. The van der Waals surface area contributed by atoms with Crippen LogP contribution in [0.15, 0.2) is 36.7 Å². The zero-order valence-electron chi connectivity index (χ0n) is 11.0. The van der Waals surface area contributed by atoms with Crippen molar-refractivity contribution in [1.82, 2.24) is 15.0 Å². The van der Waals surface area contributed by atoms with Crippen LogP contribution in [0.25, 0.3) is 5.69 Å². The van der Waals surface area contributed by atoms with Crippen molar-refractivity contribution in [3.05, 3.63) is 36.7 Å². The Morgan fingerprint density at radius 1 is 1.37 bits per heavy atom. The molecule has 0 unspecified atom stereocenters. The van der Waals surface area contributed by atoms with Gasteiger partial charge in [-0.15, -0.1) is 5.10 Å². The van der Waals surface area contributed by atoms with E-state index < -0.39 is 0 Å². The Kier molecular flexibility index (Phi) is 3.46. The number of benzene rings is 1. The predicted octanol–water partition coefficient (Wildman–Crippen LogP) is 2.10. The van der Waals surface area contributed by atoms with Gasteiger partial charge in [0.05, 0.1) is 24.7 Å². The van der Waals surface area contributed by atoms with E-state index in [4.69, 9.17) is 4.74 Å². The first-order chi connectivity index (χ1) is 9.33. The van der Waals surface area contributed by atoms with E-state index in [1.165, 1.54) is 0 Å². The van der Waals surface area contributed by atoms with Crippen molar-refractivity contribution >= 4 is 5.69 Å². The lowest BCUT2D eigenvalue weighted by Gasteiger charge is -2.20. The Morgan fingerprint density at radius 2 is 2.21 bits per heavy atom. The van der Waals surface area contributed by atoms with Crippen LogP contribution in [0.3, 0.4) is 0 Å². The zero-order valence-corrected chi connectivity index (χ0v) is 11.0. The number of ether oxygens (including phenoxy) is 1. The molecule has 0 aliphatic carbocycles. The number of aromatic nitrogens is 3. The van der Waals surface area contributed by atoms with Gasteiger partial charge in [0.25, 0.3) is 0 Å². The van der Waals surface area contributed by atoms with Gasteiger partial charge in [-0.3, -0.25) is 0 Å². The van der Waals surface area contributed by atoms with Crippen LogP contribution in [-0.4, -0.2) is 34.2 Å². The largest absolute Gasteiger partial charge is 0.382 e. The summed E-state index contributed by atoms with van der Waals surface area (Å²) in [6.45, 7) is 3.97. The van der Waals surface area contributed by atoms with E-state index in [-0.39, 0.29) is 0 Å². The van der Waals surface area contributed by atoms with Crippen LogP contribution in [0.5, 0.6) is 0 Å². The molecule has 0 saturated carbocycles. The van der Waals surface area contributed by atoms with E-state index in [1.54, 1.807) is 10.9 Å². The Morgan fingerprint density at radius 3 is 2.84 bits per heavy atom. The normalized spacial score (nSPS) is 20.4. The third-order valence-electron chi connectivity index (χ3n) is 3.62. The van der Waals surface area contributed by atoms with E-state index in [1.807, 2.05) is 18.3 Å². The van der Waals surface area contributed by atoms with Gasteiger partial charge >= 0.3 is 0 Å². The summed E-state index contributed by atoms with van der Waals surface area (Å²) in [6.07, 6.45) is 4.65. The van der Waals surface area contributed by atoms with Crippen molar-refractivity contribution < 1.29 is 4.74 Å². The first-order valence-corrected chi connectivity index (χ1v) is 6.64. The minimum atomic E-state index is 0.430. The molecule has 2 aromatic rings. The molecular formula is C14H18N4O. The highest BCUT2D eigenvalue weighted by Crippen LogP contribution is 2.21. The predicted molar refractivity (Wildman–Crippen MR) is 73.4 cm³/mol. The molecule has 1 aliphatic rings. The highest BCUT2D eigenvalue weighted by atomic mass is 16.5. The Hall–Kier alpha value is -1.88. The molecule has 5 nitrogen and oxygen atoms in total. The minimum absolute atomic E-state index is 0.430. The second-order valence-electron chi connectivity index (χ2n) is 4.95. The van der Waals surface area contributed by atoms with Gasteiger partial charge < -0.3 is 10.1 Å². The maximum absolute atomic E-state index is 5.43. The van der Waals surface area contributed by atoms with Gasteiger partial charge in [0.15, 0.2) is 0 Å². The molecule has 3 rings (SSSR count). The van der Waals surface area contributed by atoms with Crippen molar-refractivity contribution in [2.75, 3.05) is 18.5 Å². The third-order valence-corrected chi connectivity index (χ3v) is 3.62. The second-order valence-corrected chi connectivity index (χ2v) is 4.95. The third kappa shape index (κ3) is 2.76. The lowest BCUT2D eigenvalue weighted by molar-refractivity contribution is 0.183. The molecule has 2 heterocycles. The molecule has 1 aromatic heterocycles. The number of nitrogens with zero attached hydrogens (tertiary/aromatic N) is 3. The molecule has 1 aliphatic heterocycles. The van der Waals surface area contributed by atoms with E-state index >= 15 is 0 Å². The first-order valence-electron chi connectivity index (χ1n) is 6.64. The molecule has 1 N–H and O–H groups in total. The molecule has 0 bridgehead atoms. The van der Waals surface area contributed by atoms with Crippen molar-refractivity contribution in [2.24, 2.45) is 5.92 Å². The van der Waals surface area contributed by atoms with Crippen LogP contribution >= 0.6 is 0 Å². The Bertz CT molecular complexity index is 503. The molecule has 19 heavy (non-hydrogen) atoms. The van der Waals surface area contributed by atoms with E-state index in [0.29, 0.717) is 12.0 Å². The Labute approximate surface area is 112 Å². The number of hydrogen-bond donors (Lipinski definition) is 1. The second kappa shape index (κ2) is 5.40. The lowest BCUT2D eigenvalue weighted by atomic mass is 10.0. The SMILES string of the molecule is C[C@@H](Nc1ccc(-n2ccnn2)cc1)[C@@H]1CCOC1. The van der Waals surface area contributed by atoms with Gasteiger partial charge in [0.1, 0.15) is 0 Å². The van der Waals surface area contributed by atoms with Crippen LogP contribution in [0, 0.1) is 5.92 Å². The highest BCUT2D eigenvalue weighted by molar-refractivity contribution is 5.49. The van der Waals surface area contributed by atoms with Crippen molar-refractivity contribution in [3.8, 4) is 5.69 Å². The van der Waals surface area contributed by atoms with Crippen LogP contribution < -0.4 is 5.32 Å². The number of rotatable bonds is 4. The standard InChI is InChI=1S/C14H18N4O/c1-11(12-6-9-19-10-12)16-13-2-4-14(5-3-13)18-8-7-15-17-18/h2-5,7-8,11-12,16H,6,9-10H2,1H3/t11-,12-/m1/s1. The molecule has 0 amide bonds.